The maximum absolute atomic E-state index is 14.4. The van der Waals surface area contributed by atoms with E-state index in [1.54, 1.807) is 23.7 Å². The van der Waals surface area contributed by atoms with Crippen LogP contribution in [0, 0.1) is 11.7 Å². The third-order valence-electron chi connectivity index (χ3n) is 6.69. The summed E-state index contributed by atoms with van der Waals surface area (Å²) in [4.78, 5) is 17.0. The molecule has 3 atom stereocenters. The van der Waals surface area contributed by atoms with Crippen LogP contribution in [0.25, 0.3) is 0 Å². The quantitative estimate of drug-likeness (QED) is 0.486. The third-order valence-corrected chi connectivity index (χ3v) is 6.69. The van der Waals surface area contributed by atoms with Crippen molar-refractivity contribution in [2.45, 2.75) is 31.7 Å². The van der Waals surface area contributed by atoms with Crippen LogP contribution in [0.2, 0.25) is 0 Å². The molecule has 1 aliphatic carbocycles. The van der Waals surface area contributed by atoms with Crippen LogP contribution < -0.4 is 10.4 Å². The Kier molecular flexibility index (Phi) is 7.08. The standard InChI is InChI=1S/C25H32FN3O3/c1-17(2)29(12-11-28-13-15-32-16-14-28)19-9-7-18(8-10-19)22-23(24(22)25(30)27-31)20-5-3-4-6-21(20)26/h3-10,17,22-24,31H,11-16H2,1-2H3,(H,27,30)/t22-,23-,24+/m1/s1. The molecule has 2 N–H and O–H groups in total. The highest BCUT2D eigenvalue weighted by Crippen LogP contribution is 2.61. The molecule has 1 saturated carbocycles. The Morgan fingerprint density at radius 3 is 2.47 bits per heavy atom. The minimum absolute atomic E-state index is 0.158. The topological polar surface area (TPSA) is 65.0 Å². The van der Waals surface area contributed by atoms with Gasteiger partial charge in [-0.3, -0.25) is 14.9 Å². The van der Waals surface area contributed by atoms with Gasteiger partial charge in [0, 0.05) is 49.7 Å². The van der Waals surface area contributed by atoms with Crippen LogP contribution >= 0.6 is 0 Å². The summed E-state index contributed by atoms with van der Waals surface area (Å²) in [5, 5.41) is 9.18. The van der Waals surface area contributed by atoms with E-state index < -0.39 is 11.8 Å². The van der Waals surface area contributed by atoms with Crippen molar-refractivity contribution < 1.29 is 19.1 Å². The number of morpholine rings is 1. The fourth-order valence-electron chi connectivity index (χ4n) is 4.91. The predicted molar refractivity (Wildman–Crippen MR) is 121 cm³/mol. The number of carbonyl (C=O) groups is 1. The van der Waals surface area contributed by atoms with Gasteiger partial charge >= 0.3 is 0 Å². The fourth-order valence-corrected chi connectivity index (χ4v) is 4.91. The number of hydroxylamine groups is 1. The summed E-state index contributed by atoms with van der Waals surface area (Å²) in [6.45, 7) is 9.81. The molecule has 0 radical (unpaired) electrons. The van der Waals surface area contributed by atoms with Crippen LogP contribution in [0.1, 0.15) is 36.8 Å². The molecule has 2 aliphatic rings. The second kappa shape index (κ2) is 9.98. The summed E-state index contributed by atoms with van der Waals surface area (Å²) in [6, 6.07) is 15.1. The van der Waals surface area contributed by atoms with Gasteiger partial charge in [0.1, 0.15) is 5.82 Å². The Hall–Kier alpha value is -2.48. The lowest BCUT2D eigenvalue weighted by molar-refractivity contribution is -0.130. The fraction of sp³-hybridized carbons (Fsp3) is 0.480. The number of carbonyl (C=O) groups excluding carboxylic acids is 1. The maximum Gasteiger partial charge on any atom is 0.247 e. The highest BCUT2D eigenvalue weighted by molar-refractivity contribution is 5.84. The number of rotatable bonds is 8. The average Bonchev–Trinajstić information content (AvgIpc) is 3.55. The Labute approximate surface area is 188 Å². The molecule has 0 spiro atoms. The first kappa shape index (κ1) is 22.7. The number of hydrogen-bond acceptors (Lipinski definition) is 5. The zero-order chi connectivity index (χ0) is 22.7. The second-order valence-corrected chi connectivity index (χ2v) is 8.91. The molecule has 0 aromatic heterocycles. The van der Waals surface area contributed by atoms with E-state index in [9.17, 15) is 14.4 Å². The van der Waals surface area contributed by atoms with Gasteiger partial charge in [-0.15, -0.1) is 0 Å². The van der Waals surface area contributed by atoms with E-state index in [0.29, 0.717) is 11.6 Å². The number of amides is 1. The van der Waals surface area contributed by atoms with Crippen molar-refractivity contribution in [1.82, 2.24) is 10.4 Å². The normalized spacial score (nSPS) is 23.2. The van der Waals surface area contributed by atoms with Gasteiger partial charge in [0.25, 0.3) is 0 Å². The summed E-state index contributed by atoms with van der Waals surface area (Å²) in [5.41, 5.74) is 4.38. The summed E-state index contributed by atoms with van der Waals surface area (Å²) < 4.78 is 19.8. The van der Waals surface area contributed by atoms with Gasteiger partial charge in [0.15, 0.2) is 0 Å². The third kappa shape index (κ3) is 4.80. The molecule has 2 aromatic rings. The van der Waals surface area contributed by atoms with Gasteiger partial charge in [0.05, 0.1) is 19.1 Å². The molecule has 1 heterocycles. The van der Waals surface area contributed by atoms with Gasteiger partial charge in [-0.05, 0) is 43.2 Å². The smallest absolute Gasteiger partial charge is 0.247 e. The first-order chi connectivity index (χ1) is 15.5. The molecule has 1 amide bonds. The molecular weight excluding hydrogens is 409 g/mol. The lowest BCUT2D eigenvalue weighted by Gasteiger charge is -2.33. The number of benzene rings is 2. The maximum atomic E-state index is 14.4. The van der Waals surface area contributed by atoms with Crippen molar-refractivity contribution in [3.63, 3.8) is 0 Å². The van der Waals surface area contributed by atoms with Crippen LogP contribution in [0.5, 0.6) is 0 Å². The Bertz CT molecular complexity index is 915. The minimum Gasteiger partial charge on any atom is -0.379 e. The van der Waals surface area contributed by atoms with Crippen LogP contribution in [0.15, 0.2) is 48.5 Å². The molecule has 172 valence electrons. The highest BCUT2D eigenvalue weighted by Gasteiger charge is 2.56. The number of nitrogens with one attached hydrogen (secondary N) is 1. The van der Waals surface area contributed by atoms with Gasteiger partial charge in [-0.1, -0.05) is 30.3 Å². The van der Waals surface area contributed by atoms with E-state index in [1.807, 2.05) is 12.1 Å². The molecule has 0 unspecified atom stereocenters. The van der Waals surface area contributed by atoms with Gasteiger partial charge in [-0.2, -0.15) is 0 Å². The second-order valence-electron chi connectivity index (χ2n) is 8.91. The van der Waals surface area contributed by atoms with E-state index in [-0.39, 0.29) is 17.7 Å². The number of ether oxygens (including phenoxy) is 1. The predicted octanol–water partition coefficient (Wildman–Crippen LogP) is 3.38. The lowest BCUT2D eigenvalue weighted by Crippen LogP contribution is -2.43. The largest absolute Gasteiger partial charge is 0.379 e. The molecule has 2 fully saturated rings. The molecule has 0 bridgehead atoms. The molecular formula is C25H32FN3O3. The number of nitrogens with zero attached hydrogens (tertiary/aromatic N) is 2. The highest BCUT2D eigenvalue weighted by atomic mass is 19.1. The molecule has 32 heavy (non-hydrogen) atoms. The molecule has 6 nitrogen and oxygen atoms in total. The van der Waals surface area contributed by atoms with Crippen LogP contribution in [-0.4, -0.2) is 61.4 Å². The van der Waals surface area contributed by atoms with Crippen molar-refractivity contribution in [2.24, 2.45) is 5.92 Å². The van der Waals surface area contributed by atoms with Crippen LogP contribution in [0.3, 0.4) is 0 Å². The Morgan fingerprint density at radius 2 is 1.84 bits per heavy atom. The molecule has 4 rings (SSSR count). The summed E-state index contributed by atoms with van der Waals surface area (Å²) in [6.07, 6.45) is 0. The van der Waals surface area contributed by atoms with Crippen molar-refractivity contribution in [2.75, 3.05) is 44.3 Å². The summed E-state index contributed by atoms with van der Waals surface area (Å²) >= 11 is 0. The van der Waals surface area contributed by atoms with E-state index in [0.717, 1.165) is 50.6 Å². The summed E-state index contributed by atoms with van der Waals surface area (Å²) in [5.74, 6) is -1.71. The van der Waals surface area contributed by atoms with Crippen LogP contribution in [0.4, 0.5) is 10.1 Å². The SMILES string of the molecule is CC(C)N(CCN1CCOCC1)c1ccc([C@H]2[C@H](C(=O)NO)[C@@H]2c2ccccc2F)cc1. The van der Waals surface area contributed by atoms with Crippen molar-refractivity contribution in [3.05, 3.63) is 65.5 Å². The van der Waals surface area contributed by atoms with Crippen molar-refractivity contribution in [3.8, 4) is 0 Å². The molecule has 2 aromatic carbocycles. The van der Waals surface area contributed by atoms with E-state index >= 15 is 0 Å². The van der Waals surface area contributed by atoms with Gasteiger partial charge in [-0.25, -0.2) is 9.87 Å². The monoisotopic (exact) mass is 441 g/mol. The Balaban J connectivity index is 1.49. The van der Waals surface area contributed by atoms with E-state index in [1.165, 1.54) is 6.07 Å². The first-order valence-corrected chi connectivity index (χ1v) is 11.4. The van der Waals surface area contributed by atoms with Gasteiger partial charge in [0.2, 0.25) is 5.91 Å². The average molecular weight is 442 g/mol. The molecule has 1 aliphatic heterocycles. The zero-order valence-electron chi connectivity index (χ0n) is 18.7. The zero-order valence-corrected chi connectivity index (χ0v) is 18.7. The Morgan fingerprint density at radius 1 is 1.16 bits per heavy atom. The van der Waals surface area contributed by atoms with Crippen LogP contribution in [-0.2, 0) is 9.53 Å². The van der Waals surface area contributed by atoms with E-state index in [2.05, 4.69) is 35.8 Å². The van der Waals surface area contributed by atoms with Gasteiger partial charge < -0.3 is 9.64 Å². The minimum atomic E-state index is -0.481. The van der Waals surface area contributed by atoms with Crippen molar-refractivity contribution in [1.29, 1.82) is 0 Å². The van der Waals surface area contributed by atoms with Crippen molar-refractivity contribution >= 4 is 11.6 Å². The first-order valence-electron chi connectivity index (χ1n) is 11.4. The number of hydrogen-bond donors (Lipinski definition) is 2. The molecule has 7 heteroatoms. The number of halogens is 1. The lowest BCUT2D eigenvalue weighted by atomic mass is 10.0. The van der Waals surface area contributed by atoms with E-state index in [4.69, 9.17) is 4.74 Å². The summed E-state index contributed by atoms with van der Waals surface area (Å²) in [7, 11) is 0. The number of anilines is 1. The molecule has 1 saturated heterocycles.